The molecule has 3 aromatic rings. The van der Waals surface area contributed by atoms with E-state index in [0.29, 0.717) is 6.54 Å². The molecule has 0 bridgehead atoms. The summed E-state index contributed by atoms with van der Waals surface area (Å²) in [6, 6.07) is 8.26. The van der Waals surface area contributed by atoms with E-state index < -0.39 is 0 Å². The first-order chi connectivity index (χ1) is 12.6. The van der Waals surface area contributed by atoms with Crippen LogP contribution in [-0.2, 0) is 18.3 Å². The summed E-state index contributed by atoms with van der Waals surface area (Å²) in [5.74, 6) is 1.73. The molecule has 3 heterocycles. The molecule has 0 N–H and O–H groups in total. The van der Waals surface area contributed by atoms with E-state index in [1.54, 1.807) is 18.0 Å². The van der Waals surface area contributed by atoms with E-state index in [4.69, 9.17) is 9.15 Å². The summed E-state index contributed by atoms with van der Waals surface area (Å²) in [6.07, 6.45) is 3.85. The minimum Gasteiger partial charge on any atom is -0.439 e. The number of hydrogen-bond acceptors (Lipinski definition) is 6. The van der Waals surface area contributed by atoms with Gasteiger partial charge in [-0.3, -0.25) is 9.58 Å². The van der Waals surface area contributed by atoms with Crippen molar-refractivity contribution in [2.75, 3.05) is 20.2 Å². The Morgan fingerprint density at radius 3 is 2.73 bits per heavy atom. The number of aryl methyl sites for hydroxylation is 2. The van der Waals surface area contributed by atoms with Crippen molar-refractivity contribution < 1.29 is 9.15 Å². The third-order valence-corrected chi connectivity index (χ3v) is 4.89. The van der Waals surface area contributed by atoms with Crippen LogP contribution in [0.25, 0.3) is 11.3 Å². The van der Waals surface area contributed by atoms with Gasteiger partial charge in [0.05, 0.1) is 24.5 Å². The van der Waals surface area contributed by atoms with E-state index >= 15 is 0 Å². The van der Waals surface area contributed by atoms with Crippen LogP contribution >= 0.6 is 0 Å². The highest BCUT2D eigenvalue weighted by atomic mass is 16.5. The van der Waals surface area contributed by atoms with Crippen LogP contribution in [0, 0.1) is 6.92 Å². The van der Waals surface area contributed by atoms with Crippen molar-refractivity contribution in [1.82, 2.24) is 24.9 Å². The molecule has 1 fully saturated rings. The molecule has 0 saturated carbocycles. The molecule has 7 heteroatoms. The van der Waals surface area contributed by atoms with Gasteiger partial charge >= 0.3 is 0 Å². The van der Waals surface area contributed by atoms with Gasteiger partial charge in [0.2, 0.25) is 5.89 Å². The predicted octanol–water partition coefficient (Wildman–Crippen LogP) is 2.39. The lowest BCUT2D eigenvalue weighted by molar-refractivity contribution is 0.0949. The SMILES string of the molecule is CO[C@@H]1CN(Cc2ncc(-c3ccc(C)cc3)o2)C[C@H]1c1cn(C)nn1. The highest BCUT2D eigenvalue weighted by Crippen LogP contribution is 2.29. The molecule has 136 valence electrons. The lowest BCUT2D eigenvalue weighted by Crippen LogP contribution is -2.22. The summed E-state index contributed by atoms with van der Waals surface area (Å²) in [4.78, 5) is 6.74. The van der Waals surface area contributed by atoms with Crippen LogP contribution in [0.3, 0.4) is 0 Å². The van der Waals surface area contributed by atoms with E-state index in [9.17, 15) is 0 Å². The van der Waals surface area contributed by atoms with Crippen molar-refractivity contribution in [3.8, 4) is 11.3 Å². The molecule has 0 unspecified atom stereocenters. The summed E-state index contributed by atoms with van der Waals surface area (Å²) in [6.45, 7) is 4.39. The maximum atomic E-state index is 5.96. The van der Waals surface area contributed by atoms with Gasteiger partial charge in [-0.05, 0) is 6.92 Å². The molecule has 26 heavy (non-hydrogen) atoms. The number of rotatable bonds is 5. The lowest BCUT2D eigenvalue weighted by atomic mass is 10.0. The van der Waals surface area contributed by atoms with E-state index in [2.05, 4.69) is 51.4 Å². The van der Waals surface area contributed by atoms with Gasteiger partial charge in [-0.15, -0.1) is 5.10 Å². The van der Waals surface area contributed by atoms with Crippen molar-refractivity contribution in [2.24, 2.45) is 7.05 Å². The van der Waals surface area contributed by atoms with Crippen molar-refractivity contribution in [1.29, 1.82) is 0 Å². The number of oxazole rings is 1. The van der Waals surface area contributed by atoms with Crippen LogP contribution in [0.2, 0.25) is 0 Å². The Morgan fingerprint density at radius 1 is 1.23 bits per heavy atom. The minimum atomic E-state index is 0.0956. The molecule has 0 aliphatic carbocycles. The van der Waals surface area contributed by atoms with Crippen molar-refractivity contribution in [3.63, 3.8) is 0 Å². The van der Waals surface area contributed by atoms with Gasteiger partial charge in [-0.1, -0.05) is 35.0 Å². The van der Waals surface area contributed by atoms with Crippen LogP contribution in [0.15, 0.2) is 41.1 Å². The zero-order chi connectivity index (χ0) is 18.1. The number of methoxy groups -OCH3 is 1. The zero-order valence-electron chi connectivity index (χ0n) is 15.3. The van der Waals surface area contributed by atoms with Crippen LogP contribution in [0.5, 0.6) is 0 Å². The first kappa shape index (κ1) is 16.9. The number of aromatic nitrogens is 4. The zero-order valence-corrected chi connectivity index (χ0v) is 15.3. The highest BCUT2D eigenvalue weighted by Gasteiger charge is 2.36. The standard InChI is InChI=1S/C19H23N5O2/c1-13-4-6-14(7-5-13)17-8-20-19(26-17)12-24-9-15(18(11-24)25-3)16-10-23(2)22-21-16/h4-8,10,15,18H,9,11-12H2,1-3H3/t15-,18+/m0/s1. The van der Waals surface area contributed by atoms with Crippen LogP contribution in [0.4, 0.5) is 0 Å². The Balaban J connectivity index is 1.45. The first-order valence-corrected chi connectivity index (χ1v) is 8.75. The molecule has 2 aromatic heterocycles. The Bertz CT molecular complexity index is 870. The first-order valence-electron chi connectivity index (χ1n) is 8.75. The number of likely N-dealkylation sites (tertiary alicyclic amines) is 1. The predicted molar refractivity (Wildman–Crippen MR) is 96.5 cm³/mol. The molecule has 1 aromatic carbocycles. The Labute approximate surface area is 152 Å². The largest absolute Gasteiger partial charge is 0.439 e. The van der Waals surface area contributed by atoms with Gasteiger partial charge in [-0.2, -0.15) is 0 Å². The van der Waals surface area contributed by atoms with Gasteiger partial charge in [0.25, 0.3) is 0 Å². The van der Waals surface area contributed by atoms with Gasteiger partial charge < -0.3 is 9.15 Å². The summed E-state index contributed by atoms with van der Waals surface area (Å²) < 4.78 is 13.4. The average molecular weight is 353 g/mol. The Hall–Kier alpha value is -2.51. The van der Waals surface area contributed by atoms with Crippen LogP contribution in [-0.4, -0.2) is 51.2 Å². The molecule has 7 nitrogen and oxygen atoms in total. The van der Waals surface area contributed by atoms with Crippen LogP contribution in [0.1, 0.15) is 23.1 Å². The van der Waals surface area contributed by atoms with E-state index in [0.717, 1.165) is 36.0 Å². The Kier molecular flexibility index (Phi) is 4.57. The van der Waals surface area contributed by atoms with E-state index in [1.165, 1.54) is 5.56 Å². The van der Waals surface area contributed by atoms with Crippen molar-refractivity contribution in [2.45, 2.75) is 25.5 Å². The molecule has 1 saturated heterocycles. The smallest absolute Gasteiger partial charge is 0.209 e. The molecule has 0 radical (unpaired) electrons. The number of nitrogens with zero attached hydrogens (tertiary/aromatic N) is 5. The molecular weight excluding hydrogens is 330 g/mol. The fourth-order valence-corrected chi connectivity index (χ4v) is 3.46. The minimum absolute atomic E-state index is 0.0956. The lowest BCUT2D eigenvalue weighted by Gasteiger charge is -2.13. The van der Waals surface area contributed by atoms with Gasteiger partial charge in [0.15, 0.2) is 5.76 Å². The summed E-state index contributed by atoms with van der Waals surface area (Å²) in [7, 11) is 3.63. The topological polar surface area (TPSA) is 69.2 Å². The quantitative estimate of drug-likeness (QED) is 0.701. The second-order valence-electron chi connectivity index (χ2n) is 6.88. The third-order valence-electron chi connectivity index (χ3n) is 4.89. The Morgan fingerprint density at radius 2 is 2.04 bits per heavy atom. The maximum absolute atomic E-state index is 5.96. The highest BCUT2D eigenvalue weighted by molar-refractivity contribution is 5.56. The molecule has 4 rings (SSSR count). The average Bonchev–Trinajstić information content (AvgIpc) is 3.35. The monoisotopic (exact) mass is 353 g/mol. The van der Waals surface area contributed by atoms with E-state index in [-0.39, 0.29) is 12.0 Å². The molecule has 0 spiro atoms. The van der Waals surface area contributed by atoms with Crippen molar-refractivity contribution in [3.05, 3.63) is 53.8 Å². The maximum Gasteiger partial charge on any atom is 0.209 e. The fourth-order valence-electron chi connectivity index (χ4n) is 3.46. The van der Waals surface area contributed by atoms with Gasteiger partial charge in [-0.25, -0.2) is 4.98 Å². The summed E-state index contributed by atoms with van der Waals surface area (Å²) in [5.41, 5.74) is 3.24. The second-order valence-corrected chi connectivity index (χ2v) is 6.88. The molecule has 1 aliphatic heterocycles. The van der Waals surface area contributed by atoms with Gasteiger partial charge in [0.1, 0.15) is 0 Å². The van der Waals surface area contributed by atoms with E-state index in [1.807, 2.05) is 13.2 Å². The molecule has 2 atom stereocenters. The van der Waals surface area contributed by atoms with Gasteiger partial charge in [0, 0.05) is 44.9 Å². The number of ether oxygens (including phenoxy) is 1. The third kappa shape index (κ3) is 3.40. The number of hydrogen-bond donors (Lipinski definition) is 0. The fraction of sp³-hybridized carbons (Fsp3) is 0.421. The molecule has 0 amide bonds. The van der Waals surface area contributed by atoms with Crippen LogP contribution < -0.4 is 0 Å². The normalized spacial score (nSPS) is 20.7. The summed E-state index contributed by atoms with van der Waals surface area (Å²) >= 11 is 0. The second kappa shape index (κ2) is 7.01. The summed E-state index contributed by atoms with van der Waals surface area (Å²) in [5, 5.41) is 8.30. The molecular formula is C19H23N5O2. The number of benzene rings is 1. The van der Waals surface area contributed by atoms with Crippen molar-refractivity contribution >= 4 is 0 Å². The molecule has 1 aliphatic rings.